The molecule has 6 heteroatoms. The number of halogens is 1. The summed E-state index contributed by atoms with van der Waals surface area (Å²) in [7, 11) is 0. The predicted octanol–water partition coefficient (Wildman–Crippen LogP) is 2.36. The average molecular weight is 336 g/mol. The maximum atomic E-state index is 12.8. The lowest BCUT2D eigenvalue weighted by Gasteiger charge is -2.31. The first-order valence-electron chi connectivity index (χ1n) is 8.54. The molecule has 1 heterocycles. The van der Waals surface area contributed by atoms with Crippen LogP contribution in [0.3, 0.4) is 0 Å². The minimum absolute atomic E-state index is 0.0102. The fraction of sp³-hybridized carbons (Fsp3) is 0.556. The van der Waals surface area contributed by atoms with E-state index in [-0.39, 0.29) is 36.6 Å². The Balaban J connectivity index is 1.67. The zero-order valence-corrected chi connectivity index (χ0v) is 14.1. The Labute approximate surface area is 142 Å². The molecule has 0 atom stereocenters. The molecule has 0 spiro atoms. The third kappa shape index (κ3) is 5.51. The van der Waals surface area contributed by atoms with Gasteiger partial charge in [-0.3, -0.25) is 9.59 Å². The smallest absolute Gasteiger partial charge is 0.225 e. The molecule has 1 aliphatic heterocycles. The second-order valence-electron chi connectivity index (χ2n) is 6.00. The number of hydrogen-bond donors (Lipinski definition) is 1. The second kappa shape index (κ2) is 9.25. The summed E-state index contributed by atoms with van der Waals surface area (Å²) in [5, 5.41) is 2.91. The van der Waals surface area contributed by atoms with Crippen molar-refractivity contribution in [3.63, 3.8) is 0 Å². The molecule has 132 valence electrons. The standard InChI is InChI=1S/C18H25FN2O3/c1-2-10-20-18(23)14-7-11-21(12-8-14)17(22)9-13-24-16-5-3-15(19)4-6-16/h3-6,14H,2,7-13H2,1H3,(H,20,23). The topological polar surface area (TPSA) is 58.6 Å². The van der Waals surface area contributed by atoms with Crippen molar-refractivity contribution in [1.29, 1.82) is 0 Å². The number of carbonyl (C=O) groups excluding carboxylic acids is 2. The number of rotatable bonds is 7. The third-order valence-corrected chi connectivity index (χ3v) is 4.17. The lowest BCUT2D eigenvalue weighted by Crippen LogP contribution is -2.43. The first-order valence-corrected chi connectivity index (χ1v) is 8.54. The van der Waals surface area contributed by atoms with Crippen molar-refractivity contribution < 1.29 is 18.7 Å². The van der Waals surface area contributed by atoms with Gasteiger partial charge in [0.15, 0.2) is 0 Å². The Kier molecular flexibility index (Phi) is 7.03. The zero-order valence-electron chi connectivity index (χ0n) is 14.1. The quantitative estimate of drug-likeness (QED) is 0.831. The fourth-order valence-electron chi connectivity index (χ4n) is 2.73. The highest BCUT2D eigenvalue weighted by Gasteiger charge is 2.26. The van der Waals surface area contributed by atoms with E-state index >= 15 is 0 Å². The highest BCUT2D eigenvalue weighted by Crippen LogP contribution is 2.18. The van der Waals surface area contributed by atoms with E-state index in [1.165, 1.54) is 12.1 Å². The van der Waals surface area contributed by atoms with Crippen LogP contribution in [0.2, 0.25) is 0 Å². The highest BCUT2D eigenvalue weighted by atomic mass is 19.1. The van der Waals surface area contributed by atoms with Crippen LogP contribution in [0, 0.1) is 11.7 Å². The molecular formula is C18H25FN2O3. The maximum absolute atomic E-state index is 12.8. The molecule has 2 amide bonds. The van der Waals surface area contributed by atoms with Crippen LogP contribution in [0.4, 0.5) is 4.39 Å². The van der Waals surface area contributed by atoms with E-state index in [1.54, 1.807) is 17.0 Å². The van der Waals surface area contributed by atoms with E-state index in [0.717, 1.165) is 6.42 Å². The van der Waals surface area contributed by atoms with Gasteiger partial charge >= 0.3 is 0 Å². The molecule has 0 aliphatic carbocycles. The Morgan fingerprint density at radius 1 is 1.25 bits per heavy atom. The number of likely N-dealkylation sites (tertiary alicyclic amines) is 1. The largest absolute Gasteiger partial charge is 0.493 e. The minimum Gasteiger partial charge on any atom is -0.493 e. The summed E-state index contributed by atoms with van der Waals surface area (Å²) in [5.41, 5.74) is 0. The number of nitrogens with zero attached hydrogens (tertiary/aromatic N) is 1. The first kappa shape index (κ1) is 18.2. The maximum Gasteiger partial charge on any atom is 0.225 e. The Hall–Kier alpha value is -2.11. The van der Waals surface area contributed by atoms with E-state index in [0.29, 0.717) is 38.2 Å². The van der Waals surface area contributed by atoms with Gasteiger partial charge in [0.1, 0.15) is 11.6 Å². The van der Waals surface area contributed by atoms with Gasteiger partial charge in [-0.05, 0) is 43.5 Å². The predicted molar refractivity (Wildman–Crippen MR) is 89.1 cm³/mol. The number of ether oxygens (including phenoxy) is 1. The molecule has 1 aromatic carbocycles. The molecule has 1 aromatic rings. The van der Waals surface area contributed by atoms with E-state index < -0.39 is 0 Å². The lowest BCUT2D eigenvalue weighted by atomic mass is 9.95. The van der Waals surface area contributed by atoms with E-state index in [9.17, 15) is 14.0 Å². The van der Waals surface area contributed by atoms with Crippen molar-refractivity contribution in [2.45, 2.75) is 32.6 Å². The molecule has 0 bridgehead atoms. The monoisotopic (exact) mass is 336 g/mol. The molecule has 0 radical (unpaired) electrons. The van der Waals surface area contributed by atoms with E-state index in [4.69, 9.17) is 4.74 Å². The lowest BCUT2D eigenvalue weighted by molar-refractivity contribution is -0.136. The summed E-state index contributed by atoms with van der Waals surface area (Å²) in [6, 6.07) is 5.73. The molecule has 1 fully saturated rings. The van der Waals surface area contributed by atoms with Gasteiger partial charge in [0.25, 0.3) is 0 Å². The first-order chi connectivity index (χ1) is 11.6. The Morgan fingerprint density at radius 3 is 2.54 bits per heavy atom. The molecule has 5 nitrogen and oxygen atoms in total. The number of carbonyl (C=O) groups is 2. The molecule has 24 heavy (non-hydrogen) atoms. The number of piperidine rings is 1. The van der Waals surface area contributed by atoms with Gasteiger partial charge in [0, 0.05) is 25.6 Å². The summed E-state index contributed by atoms with van der Waals surface area (Å²) >= 11 is 0. The van der Waals surface area contributed by atoms with Crippen molar-refractivity contribution in [1.82, 2.24) is 10.2 Å². The van der Waals surface area contributed by atoms with E-state index in [1.807, 2.05) is 6.92 Å². The average Bonchev–Trinajstić information content (AvgIpc) is 2.61. The second-order valence-corrected chi connectivity index (χ2v) is 6.00. The van der Waals surface area contributed by atoms with Crippen LogP contribution in [0.15, 0.2) is 24.3 Å². The minimum atomic E-state index is -0.315. The molecule has 2 rings (SSSR count). The highest BCUT2D eigenvalue weighted by molar-refractivity contribution is 5.80. The summed E-state index contributed by atoms with van der Waals surface area (Å²) in [6.45, 7) is 4.22. The van der Waals surface area contributed by atoms with Crippen molar-refractivity contribution in [3.05, 3.63) is 30.1 Å². The summed E-state index contributed by atoms with van der Waals surface area (Å²) < 4.78 is 18.2. The van der Waals surface area contributed by atoms with Gasteiger partial charge in [-0.25, -0.2) is 4.39 Å². The van der Waals surface area contributed by atoms with Crippen LogP contribution in [-0.2, 0) is 9.59 Å². The number of amides is 2. The number of hydrogen-bond acceptors (Lipinski definition) is 3. The molecule has 0 aromatic heterocycles. The molecular weight excluding hydrogens is 311 g/mol. The van der Waals surface area contributed by atoms with Gasteiger partial charge in [0.2, 0.25) is 11.8 Å². The zero-order chi connectivity index (χ0) is 17.4. The number of nitrogens with one attached hydrogen (secondary N) is 1. The Bertz CT molecular complexity index is 540. The normalized spacial score (nSPS) is 15.2. The summed E-state index contributed by atoms with van der Waals surface area (Å²) in [4.78, 5) is 25.9. The molecule has 1 N–H and O–H groups in total. The summed E-state index contributed by atoms with van der Waals surface area (Å²) in [6.07, 6.45) is 2.63. The molecule has 0 saturated carbocycles. The van der Waals surface area contributed by atoms with Gasteiger partial charge in [-0.1, -0.05) is 6.92 Å². The fourth-order valence-corrected chi connectivity index (χ4v) is 2.73. The van der Waals surface area contributed by atoms with Crippen LogP contribution in [0.1, 0.15) is 32.6 Å². The van der Waals surface area contributed by atoms with Gasteiger partial charge < -0.3 is 15.0 Å². The SMILES string of the molecule is CCCNC(=O)C1CCN(C(=O)CCOc2ccc(F)cc2)CC1. The van der Waals surface area contributed by atoms with Crippen LogP contribution in [0.25, 0.3) is 0 Å². The van der Waals surface area contributed by atoms with Crippen LogP contribution in [0.5, 0.6) is 5.75 Å². The van der Waals surface area contributed by atoms with Crippen molar-refractivity contribution >= 4 is 11.8 Å². The van der Waals surface area contributed by atoms with Gasteiger partial charge in [0.05, 0.1) is 13.0 Å². The van der Waals surface area contributed by atoms with Crippen LogP contribution < -0.4 is 10.1 Å². The van der Waals surface area contributed by atoms with Crippen LogP contribution >= 0.6 is 0 Å². The molecule has 0 unspecified atom stereocenters. The van der Waals surface area contributed by atoms with Crippen LogP contribution in [-0.4, -0.2) is 43.0 Å². The van der Waals surface area contributed by atoms with Gasteiger partial charge in [-0.15, -0.1) is 0 Å². The number of benzene rings is 1. The Morgan fingerprint density at radius 2 is 1.92 bits per heavy atom. The van der Waals surface area contributed by atoms with Crippen molar-refractivity contribution in [2.24, 2.45) is 5.92 Å². The third-order valence-electron chi connectivity index (χ3n) is 4.17. The van der Waals surface area contributed by atoms with Crippen molar-refractivity contribution in [2.75, 3.05) is 26.2 Å². The molecule has 1 saturated heterocycles. The van der Waals surface area contributed by atoms with Gasteiger partial charge in [-0.2, -0.15) is 0 Å². The molecule has 1 aliphatic rings. The van der Waals surface area contributed by atoms with Crippen molar-refractivity contribution in [3.8, 4) is 5.75 Å². The summed E-state index contributed by atoms with van der Waals surface area (Å²) in [5.74, 6) is 0.379. The van der Waals surface area contributed by atoms with E-state index in [2.05, 4.69) is 5.32 Å².